The molecule has 1 saturated carbocycles. The van der Waals surface area contributed by atoms with E-state index in [0.717, 1.165) is 25.9 Å². The fourth-order valence-electron chi connectivity index (χ4n) is 4.87. The molecule has 1 aliphatic carbocycles. The van der Waals surface area contributed by atoms with E-state index >= 15 is 0 Å². The molecule has 0 aromatic heterocycles. The Hall–Kier alpha value is -1.17. The first-order valence-corrected chi connectivity index (χ1v) is 9.57. The summed E-state index contributed by atoms with van der Waals surface area (Å²) in [6.07, 6.45) is 3.76. The van der Waals surface area contributed by atoms with Gasteiger partial charge in [-0.2, -0.15) is 0 Å². The fraction of sp³-hybridized carbons (Fsp3) is 0.632. The van der Waals surface area contributed by atoms with Gasteiger partial charge in [0.2, 0.25) is 0 Å². The Balaban J connectivity index is 1.46. The van der Waals surface area contributed by atoms with Gasteiger partial charge >= 0.3 is 0 Å². The third-order valence-corrected chi connectivity index (χ3v) is 6.40. The summed E-state index contributed by atoms with van der Waals surface area (Å²) in [6.45, 7) is 3.40. The minimum absolute atomic E-state index is 0.0830. The average Bonchev–Trinajstić information content (AvgIpc) is 3.22. The molecule has 4 rings (SSSR count). The first-order chi connectivity index (χ1) is 12.0. The quantitative estimate of drug-likeness (QED) is 0.875. The molecule has 2 aliphatic heterocycles. The van der Waals surface area contributed by atoms with E-state index in [1.807, 2.05) is 0 Å². The Morgan fingerprint density at radius 2 is 1.84 bits per heavy atom. The van der Waals surface area contributed by atoms with E-state index in [1.165, 1.54) is 25.0 Å². The zero-order chi connectivity index (χ0) is 17.6. The molecule has 1 amide bonds. The van der Waals surface area contributed by atoms with E-state index in [2.05, 4.69) is 4.90 Å². The molecular formula is C19H24ClFN2O2. The summed E-state index contributed by atoms with van der Waals surface area (Å²) in [5.41, 5.74) is 0.0830. The third kappa shape index (κ3) is 3.29. The normalized spacial score (nSPS) is 32.8. The van der Waals surface area contributed by atoms with Crippen molar-refractivity contribution in [1.29, 1.82) is 0 Å². The van der Waals surface area contributed by atoms with Crippen LogP contribution in [0.5, 0.6) is 0 Å². The predicted molar refractivity (Wildman–Crippen MR) is 94.1 cm³/mol. The number of hydrogen-bond donors (Lipinski definition) is 1. The molecule has 2 saturated heterocycles. The lowest BCUT2D eigenvalue weighted by Gasteiger charge is -2.40. The van der Waals surface area contributed by atoms with Crippen molar-refractivity contribution in [2.75, 3.05) is 26.2 Å². The van der Waals surface area contributed by atoms with Crippen molar-refractivity contribution >= 4 is 17.5 Å². The van der Waals surface area contributed by atoms with Crippen molar-refractivity contribution in [3.05, 3.63) is 34.6 Å². The Bertz CT molecular complexity index is 665. The molecule has 3 aliphatic rings. The average molecular weight is 367 g/mol. The number of fused-ring (bicyclic) bond motifs is 1. The summed E-state index contributed by atoms with van der Waals surface area (Å²) in [5.74, 6) is -0.125. The summed E-state index contributed by atoms with van der Waals surface area (Å²) in [6, 6.07) is 4.41. The second-order valence-corrected chi connectivity index (χ2v) is 8.14. The third-order valence-electron chi connectivity index (χ3n) is 6.17. The second-order valence-electron chi connectivity index (χ2n) is 7.70. The lowest BCUT2D eigenvalue weighted by Crippen LogP contribution is -2.48. The SMILES string of the molecule is O=C(c1ccc(Cl)cc1F)N1C[C@H]2C[C@@H](N3CCCC3)[C@H](O)C[C@H]2C1. The van der Waals surface area contributed by atoms with Crippen molar-refractivity contribution in [2.24, 2.45) is 11.8 Å². The maximum Gasteiger partial charge on any atom is 0.256 e. The second kappa shape index (κ2) is 6.86. The van der Waals surface area contributed by atoms with Crippen LogP contribution in [0.15, 0.2) is 18.2 Å². The molecule has 1 aromatic carbocycles. The van der Waals surface area contributed by atoms with Gasteiger partial charge in [-0.25, -0.2) is 4.39 Å². The van der Waals surface area contributed by atoms with E-state index in [-0.39, 0.29) is 23.6 Å². The minimum atomic E-state index is -0.567. The summed E-state index contributed by atoms with van der Waals surface area (Å²) in [7, 11) is 0. The highest BCUT2D eigenvalue weighted by atomic mass is 35.5. The summed E-state index contributed by atoms with van der Waals surface area (Å²) >= 11 is 5.78. The van der Waals surface area contributed by atoms with Gasteiger partial charge in [-0.05, 0) is 68.8 Å². The fourth-order valence-corrected chi connectivity index (χ4v) is 5.03. The molecule has 3 fully saturated rings. The van der Waals surface area contributed by atoms with E-state index in [0.29, 0.717) is 29.9 Å². The smallest absolute Gasteiger partial charge is 0.256 e. The molecule has 0 radical (unpaired) electrons. The van der Waals surface area contributed by atoms with Gasteiger partial charge in [-0.1, -0.05) is 11.6 Å². The number of nitrogens with zero attached hydrogens (tertiary/aromatic N) is 2. The number of amides is 1. The van der Waals surface area contributed by atoms with E-state index < -0.39 is 5.82 Å². The maximum absolute atomic E-state index is 14.1. The van der Waals surface area contributed by atoms with Crippen LogP contribution < -0.4 is 0 Å². The van der Waals surface area contributed by atoms with Crippen LogP contribution in [0, 0.1) is 17.7 Å². The van der Waals surface area contributed by atoms with Crippen LogP contribution in [0.4, 0.5) is 4.39 Å². The molecule has 0 unspecified atom stereocenters. The topological polar surface area (TPSA) is 43.8 Å². The van der Waals surface area contributed by atoms with Crippen LogP contribution in [0.25, 0.3) is 0 Å². The Morgan fingerprint density at radius 1 is 1.16 bits per heavy atom. The summed E-state index contributed by atoms with van der Waals surface area (Å²) in [4.78, 5) is 16.9. The molecule has 4 atom stereocenters. The van der Waals surface area contributed by atoms with Crippen molar-refractivity contribution in [3.63, 3.8) is 0 Å². The molecule has 136 valence electrons. The summed E-state index contributed by atoms with van der Waals surface area (Å²) in [5, 5.41) is 10.9. The molecular weight excluding hydrogens is 343 g/mol. The monoisotopic (exact) mass is 366 g/mol. The van der Waals surface area contributed by atoms with Gasteiger partial charge in [0.05, 0.1) is 11.7 Å². The largest absolute Gasteiger partial charge is 0.391 e. The summed E-state index contributed by atoms with van der Waals surface area (Å²) < 4.78 is 14.1. The number of carbonyl (C=O) groups is 1. The van der Waals surface area contributed by atoms with Gasteiger partial charge in [0.15, 0.2) is 0 Å². The van der Waals surface area contributed by atoms with Gasteiger partial charge in [-0.3, -0.25) is 9.69 Å². The lowest BCUT2D eigenvalue weighted by molar-refractivity contribution is -0.000865. The number of likely N-dealkylation sites (tertiary alicyclic amines) is 2. The predicted octanol–water partition coefficient (Wildman–Crippen LogP) is 2.79. The maximum atomic E-state index is 14.1. The standard InChI is InChI=1S/C19H24ClFN2O2/c20-14-3-4-15(16(21)9-14)19(25)23-10-12-7-17(22-5-1-2-6-22)18(24)8-13(12)11-23/h3-4,9,12-13,17-18,24H,1-2,5-8,10-11H2/t12-,13+,17-,18-/m1/s1. The van der Waals surface area contributed by atoms with Crippen molar-refractivity contribution < 1.29 is 14.3 Å². The molecule has 1 aromatic rings. The molecule has 6 heteroatoms. The first-order valence-electron chi connectivity index (χ1n) is 9.19. The molecule has 0 spiro atoms. The van der Waals surface area contributed by atoms with Gasteiger partial charge in [0, 0.05) is 24.2 Å². The van der Waals surface area contributed by atoms with Gasteiger partial charge in [0.1, 0.15) is 5.82 Å². The molecule has 1 N–H and O–H groups in total. The first kappa shape index (κ1) is 17.3. The van der Waals surface area contributed by atoms with E-state index in [1.54, 1.807) is 11.0 Å². The zero-order valence-corrected chi connectivity index (χ0v) is 15.0. The molecule has 0 bridgehead atoms. The molecule has 2 heterocycles. The van der Waals surface area contributed by atoms with Crippen LogP contribution in [0.1, 0.15) is 36.0 Å². The number of halogens is 2. The lowest BCUT2D eigenvalue weighted by atomic mass is 9.77. The van der Waals surface area contributed by atoms with Crippen molar-refractivity contribution in [2.45, 2.75) is 37.8 Å². The van der Waals surface area contributed by atoms with Gasteiger partial charge in [-0.15, -0.1) is 0 Å². The van der Waals surface area contributed by atoms with Crippen LogP contribution in [-0.4, -0.2) is 59.1 Å². The Labute approximate surface area is 152 Å². The minimum Gasteiger partial charge on any atom is -0.391 e. The highest BCUT2D eigenvalue weighted by Crippen LogP contribution is 2.39. The highest BCUT2D eigenvalue weighted by Gasteiger charge is 2.45. The number of carbonyl (C=O) groups excluding carboxylic acids is 1. The molecule has 25 heavy (non-hydrogen) atoms. The zero-order valence-electron chi connectivity index (χ0n) is 14.2. The number of benzene rings is 1. The molecule has 4 nitrogen and oxygen atoms in total. The van der Waals surface area contributed by atoms with Crippen LogP contribution in [-0.2, 0) is 0 Å². The van der Waals surface area contributed by atoms with Crippen LogP contribution >= 0.6 is 11.6 Å². The van der Waals surface area contributed by atoms with Gasteiger partial charge in [0.25, 0.3) is 5.91 Å². The van der Waals surface area contributed by atoms with Crippen molar-refractivity contribution in [1.82, 2.24) is 9.80 Å². The number of aliphatic hydroxyl groups is 1. The number of aliphatic hydroxyl groups excluding tert-OH is 1. The Morgan fingerprint density at radius 3 is 2.52 bits per heavy atom. The van der Waals surface area contributed by atoms with E-state index in [4.69, 9.17) is 11.6 Å². The number of rotatable bonds is 2. The van der Waals surface area contributed by atoms with Crippen LogP contribution in [0.2, 0.25) is 5.02 Å². The van der Waals surface area contributed by atoms with Crippen molar-refractivity contribution in [3.8, 4) is 0 Å². The van der Waals surface area contributed by atoms with Crippen LogP contribution in [0.3, 0.4) is 0 Å². The number of hydrogen-bond acceptors (Lipinski definition) is 3. The Kier molecular flexibility index (Phi) is 4.73. The van der Waals surface area contributed by atoms with E-state index in [9.17, 15) is 14.3 Å². The highest BCUT2D eigenvalue weighted by molar-refractivity contribution is 6.30. The van der Waals surface area contributed by atoms with Gasteiger partial charge < -0.3 is 10.0 Å².